The maximum atomic E-state index is 15.1. The zero-order valence-corrected chi connectivity index (χ0v) is 20.5. The first-order valence-corrected chi connectivity index (χ1v) is 12.8. The topological polar surface area (TPSA) is 0 Å². The number of alkyl halides is 3. The van der Waals surface area contributed by atoms with Crippen LogP contribution in [-0.4, -0.2) is 0 Å². The summed E-state index contributed by atoms with van der Waals surface area (Å²) in [6, 6.07) is 11.6. The lowest BCUT2D eigenvalue weighted by molar-refractivity contribution is -0.140. The molecule has 0 N–H and O–H groups in total. The van der Waals surface area contributed by atoms with Gasteiger partial charge in [0.2, 0.25) is 0 Å². The summed E-state index contributed by atoms with van der Waals surface area (Å²) < 4.78 is 67.0. The third kappa shape index (κ3) is 6.46. The van der Waals surface area contributed by atoms with E-state index in [1.54, 1.807) is 18.2 Å². The van der Waals surface area contributed by atoms with Crippen molar-refractivity contribution in [3.8, 4) is 11.8 Å². The second-order valence-corrected chi connectivity index (χ2v) is 9.99. The summed E-state index contributed by atoms with van der Waals surface area (Å²) in [6.45, 7) is 2.25. The highest BCUT2D eigenvalue weighted by Crippen LogP contribution is 2.35. The molecule has 0 saturated heterocycles. The average Bonchev–Trinajstić information content (AvgIpc) is 2.85. The monoisotopic (exact) mass is 498 g/mol. The van der Waals surface area contributed by atoms with Crippen molar-refractivity contribution in [1.82, 2.24) is 0 Å². The van der Waals surface area contributed by atoms with Gasteiger partial charge in [0.1, 0.15) is 11.6 Å². The lowest BCUT2D eigenvalue weighted by Crippen LogP contribution is -2.15. The van der Waals surface area contributed by atoms with Crippen LogP contribution in [0.1, 0.15) is 80.5 Å². The number of unbranched alkanes of at least 4 members (excludes halogenated alkanes) is 1. The van der Waals surface area contributed by atoms with E-state index in [1.165, 1.54) is 50.5 Å². The normalized spacial score (nSPS) is 18.2. The van der Waals surface area contributed by atoms with Crippen molar-refractivity contribution in [2.24, 2.45) is 11.8 Å². The SMILES string of the molecule is CCCCC1CCC(CCc2ccc3c(F)c(C#Cc4ccc(C(F)(F)F)c(F)c4)ccc3c2)CC1. The Bertz CT molecular complexity index is 1250. The van der Waals surface area contributed by atoms with Crippen LogP contribution in [0.15, 0.2) is 48.5 Å². The van der Waals surface area contributed by atoms with Gasteiger partial charge in [-0.05, 0) is 59.9 Å². The van der Waals surface area contributed by atoms with Crippen molar-refractivity contribution in [3.63, 3.8) is 0 Å². The summed E-state index contributed by atoms with van der Waals surface area (Å²) in [5, 5.41) is 1.24. The number of aryl methyl sites for hydroxylation is 1. The van der Waals surface area contributed by atoms with Crippen molar-refractivity contribution >= 4 is 10.8 Å². The molecule has 1 fully saturated rings. The number of fused-ring (bicyclic) bond motifs is 1. The van der Waals surface area contributed by atoms with Crippen molar-refractivity contribution in [2.75, 3.05) is 0 Å². The van der Waals surface area contributed by atoms with E-state index in [0.29, 0.717) is 11.5 Å². The maximum Gasteiger partial charge on any atom is 0.419 e. The highest BCUT2D eigenvalue weighted by Gasteiger charge is 2.33. The summed E-state index contributed by atoms with van der Waals surface area (Å²) in [6.07, 6.45) is 6.64. The third-order valence-corrected chi connectivity index (χ3v) is 7.41. The molecule has 0 radical (unpaired) electrons. The van der Waals surface area contributed by atoms with E-state index < -0.39 is 23.4 Å². The number of halogens is 5. The molecule has 0 spiro atoms. The first kappa shape index (κ1) is 26.2. The predicted octanol–water partition coefficient (Wildman–Crippen LogP) is 9.47. The minimum Gasteiger partial charge on any atom is -0.206 e. The first-order valence-electron chi connectivity index (χ1n) is 12.8. The Morgan fingerprint density at radius 3 is 2.22 bits per heavy atom. The lowest BCUT2D eigenvalue weighted by Gasteiger charge is -2.28. The fourth-order valence-electron chi connectivity index (χ4n) is 5.23. The molecule has 3 aromatic carbocycles. The zero-order valence-electron chi connectivity index (χ0n) is 20.5. The highest BCUT2D eigenvalue weighted by molar-refractivity contribution is 5.85. The Balaban J connectivity index is 1.41. The van der Waals surface area contributed by atoms with Gasteiger partial charge in [-0.25, -0.2) is 8.78 Å². The van der Waals surface area contributed by atoms with Crippen LogP contribution >= 0.6 is 0 Å². The zero-order chi connectivity index (χ0) is 25.7. The van der Waals surface area contributed by atoms with E-state index in [-0.39, 0.29) is 11.1 Å². The standard InChI is InChI=1S/C31H31F5/c1-2-3-4-21-5-7-22(8-6-21)9-10-23-12-17-27-26(19-23)16-15-25(30(27)33)14-11-24-13-18-28(29(32)20-24)31(34,35)36/h12-13,15-22H,2-10H2,1H3. The van der Waals surface area contributed by atoms with Gasteiger partial charge in [-0.3, -0.25) is 0 Å². The van der Waals surface area contributed by atoms with Gasteiger partial charge in [0.25, 0.3) is 0 Å². The summed E-state index contributed by atoms with van der Waals surface area (Å²) in [5.41, 5.74) is 0.0135. The molecule has 3 aromatic rings. The van der Waals surface area contributed by atoms with Crippen LogP contribution in [0.5, 0.6) is 0 Å². The van der Waals surface area contributed by atoms with Gasteiger partial charge in [0, 0.05) is 10.9 Å². The van der Waals surface area contributed by atoms with Gasteiger partial charge in [0.15, 0.2) is 0 Å². The molecule has 36 heavy (non-hydrogen) atoms. The molecule has 190 valence electrons. The molecule has 4 rings (SSSR count). The van der Waals surface area contributed by atoms with E-state index in [0.717, 1.165) is 42.2 Å². The molecule has 0 heterocycles. The molecule has 0 unspecified atom stereocenters. The van der Waals surface area contributed by atoms with E-state index in [2.05, 4.69) is 18.8 Å². The number of hydrogen-bond acceptors (Lipinski definition) is 0. The van der Waals surface area contributed by atoms with Crippen LogP contribution in [-0.2, 0) is 12.6 Å². The second-order valence-electron chi connectivity index (χ2n) is 9.99. The predicted molar refractivity (Wildman–Crippen MR) is 135 cm³/mol. The van der Waals surface area contributed by atoms with Crippen LogP contribution in [0.3, 0.4) is 0 Å². The fourth-order valence-corrected chi connectivity index (χ4v) is 5.23. The van der Waals surface area contributed by atoms with E-state index in [1.807, 2.05) is 12.1 Å². The minimum absolute atomic E-state index is 0.0507. The molecule has 0 bridgehead atoms. The largest absolute Gasteiger partial charge is 0.419 e. The smallest absolute Gasteiger partial charge is 0.206 e. The number of hydrogen-bond donors (Lipinski definition) is 0. The summed E-state index contributed by atoms with van der Waals surface area (Å²) in [7, 11) is 0. The van der Waals surface area contributed by atoms with Crippen molar-refractivity contribution in [1.29, 1.82) is 0 Å². The summed E-state index contributed by atoms with van der Waals surface area (Å²) in [5.74, 6) is 4.99. The van der Waals surface area contributed by atoms with Crippen LogP contribution in [0.25, 0.3) is 10.8 Å². The Morgan fingerprint density at radius 2 is 1.56 bits per heavy atom. The van der Waals surface area contributed by atoms with Gasteiger partial charge in [-0.1, -0.05) is 88.0 Å². The van der Waals surface area contributed by atoms with Crippen molar-refractivity contribution < 1.29 is 22.0 Å². The molecule has 0 amide bonds. The first-order chi connectivity index (χ1) is 17.2. The maximum absolute atomic E-state index is 15.1. The molecule has 1 aliphatic rings. The van der Waals surface area contributed by atoms with Gasteiger partial charge in [-0.2, -0.15) is 13.2 Å². The molecule has 1 aliphatic carbocycles. The Kier molecular flexibility index (Phi) is 8.34. The van der Waals surface area contributed by atoms with Crippen molar-refractivity contribution in [3.05, 3.63) is 82.4 Å². The lowest BCUT2D eigenvalue weighted by atomic mass is 9.78. The summed E-state index contributed by atoms with van der Waals surface area (Å²) in [4.78, 5) is 0. The Morgan fingerprint density at radius 1 is 0.833 bits per heavy atom. The third-order valence-electron chi connectivity index (χ3n) is 7.41. The average molecular weight is 499 g/mol. The van der Waals surface area contributed by atoms with Crippen LogP contribution < -0.4 is 0 Å². The van der Waals surface area contributed by atoms with E-state index in [9.17, 15) is 17.6 Å². The molecule has 0 atom stereocenters. The highest BCUT2D eigenvalue weighted by atomic mass is 19.4. The van der Waals surface area contributed by atoms with Crippen LogP contribution in [0.2, 0.25) is 0 Å². The van der Waals surface area contributed by atoms with Gasteiger partial charge < -0.3 is 0 Å². The van der Waals surface area contributed by atoms with Crippen LogP contribution in [0.4, 0.5) is 22.0 Å². The number of benzene rings is 3. The molecule has 0 aromatic heterocycles. The van der Waals surface area contributed by atoms with Gasteiger partial charge in [-0.15, -0.1) is 0 Å². The molecule has 5 heteroatoms. The molecule has 0 aliphatic heterocycles. The van der Waals surface area contributed by atoms with Crippen LogP contribution in [0, 0.1) is 35.3 Å². The number of rotatable bonds is 6. The van der Waals surface area contributed by atoms with Gasteiger partial charge in [0.05, 0.1) is 11.1 Å². The molecule has 1 saturated carbocycles. The quantitative estimate of drug-likeness (QED) is 0.235. The van der Waals surface area contributed by atoms with Gasteiger partial charge >= 0.3 is 6.18 Å². The molecular formula is C31H31F5. The molecular weight excluding hydrogens is 467 g/mol. The Labute approximate surface area is 209 Å². The minimum atomic E-state index is -4.77. The van der Waals surface area contributed by atoms with Crippen molar-refractivity contribution in [2.45, 2.75) is 70.9 Å². The second kappa shape index (κ2) is 11.5. The summed E-state index contributed by atoms with van der Waals surface area (Å²) >= 11 is 0. The fraction of sp³-hybridized carbons (Fsp3) is 0.419. The molecule has 0 nitrogen and oxygen atoms in total. The Hall–Kier alpha value is -2.87. The van der Waals surface area contributed by atoms with E-state index in [4.69, 9.17) is 0 Å². The van der Waals surface area contributed by atoms with E-state index >= 15 is 4.39 Å².